The first-order valence-corrected chi connectivity index (χ1v) is 8.45. The molecule has 0 spiro atoms. The molecule has 0 aliphatic carbocycles. The van der Waals surface area contributed by atoms with Crippen LogP contribution in [-0.4, -0.2) is 31.4 Å². The molecule has 1 aromatic heterocycles. The fraction of sp³-hybridized carbons (Fsp3) is 0.471. The molecule has 6 heteroatoms. The normalized spacial score (nSPS) is 19.3. The topological polar surface area (TPSA) is 44.8 Å². The molecule has 0 bridgehead atoms. The average Bonchev–Trinajstić information content (AvgIpc) is 2.92. The lowest BCUT2D eigenvalue weighted by molar-refractivity contribution is 0.00578. The van der Waals surface area contributed by atoms with Crippen LogP contribution in [0.1, 0.15) is 42.9 Å². The number of hydrogen-bond acceptors (Lipinski definition) is 5. The SMILES string of the molecule is COC(=O)c1sc2c(B3OC(C)(C)C(C)(C)O3)cccc2c1C. The largest absolute Gasteiger partial charge is 0.496 e. The van der Waals surface area contributed by atoms with Crippen molar-refractivity contribution in [3.63, 3.8) is 0 Å². The predicted molar refractivity (Wildman–Crippen MR) is 93.6 cm³/mol. The van der Waals surface area contributed by atoms with Crippen molar-refractivity contribution < 1.29 is 18.8 Å². The average molecular weight is 332 g/mol. The molecule has 0 N–H and O–H groups in total. The molecule has 0 radical (unpaired) electrons. The lowest BCUT2D eigenvalue weighted by Crippen LogP contribution is -2.41. The summed E-state index contributed by atoms with van der Waals surface area (Å²) in [5.74, 6) is -0.302. The van der Waals surface area contributed by atoms with Gasteiger partial charge in [0.05, 0.1) is 18.3 Å². The van der Waals surface area contributed by atoms with Crippen LogP contribution in [0.5, 0.6) is 0 Å². The second-order valence-electron chi connectivity index (χ2n) is 6.86. The third-order valence-corrected chi connectivity index (χ3v) is 6.21. The van der Waals surface area contributed by atoms with Gasteiger partial charge in [-0.3, -0.25) is 0 Å². The standard InChI is InChI=1S/C17H21BO4S/c1-10-11-8-7-9-12(14(11)23-13(10)15(19)20-6)18-21-16(2,3)17(4,5)22-18/h7-9H,1-6H3. The summed E-state index contributed by atoms with van der Waals surface area (Å²) in [5.41, 5.74) is 1.12. The van der Waals surface area contributed by atoms with Crippen LogP contribution >= 0.6 is 11.3 Å². The van der Waals surface area contributed by atoms with Crippen LogP contribution in [0.25, 0.3) is 10.1 Å². The van der Waals surface area contributed by atoms with Gasteiger partial charge in [0, 0.05) is 10.2 Å². The minimum atomic E-state index is -0.438. The van der Waals surface area contributed by atoms with Gasteiger partial charge in [-0.05, 0) is 45.6 Å². The number of esters is 1. The Morgan fingerprint density at radius 1 is 1.17 bits per heavy atom. The molecule has 3 rings (SSSR count). The maximum absolute atomic E-state index is 12.0. The van der Waals surface area contributed by atoms with Gasteiger partial charge in [0.15, 0.2) is 0 Å². The second kappa shape index (κ2) is 5.33. The third kappa shape index (κ3) is 2.49. The van der Waals surface area contributed by atoms with E-state index in [4.69, 9.17) is 14.0 Å². The maximum atomic E-state index is 12.0. The van der Waals surface area contributed by atoms with Gasteiger partial charge in [-0.25, -0.2) is 4.79 Å². The number of ether oxygens (including phenoxy) is 1. The number of rotatable bonds is 2. The summed E-state index contributed by atoms with van der Waals surface area (Å²) in [7, 11) is 0.966. The zero-order valence-corrected chi connectivity index (χ0v) is 15.2. The second-order valence-corrected chi connectivity index (χ2v) is 7.88. The van der Waals surface area contributed by atoms with E-state index in [1.807, 2.05) is 52.8 Å². The Kier molecular flexibility index (Phi) is 3.82. The van der Waals surface area contributed by atoms with E-state index >= 15 is 0 Å². The Labute approximate surface area is 140 Å². The molecule has 0 amide bonds. The highest BCUT2D eigenvalue weighted by Gasteiger charge is 2.52. The Morgan fingerprint density at radius 2 is 1.78 bits per heavy atom. The lowest BCUT2D eigenvalue weighted by atomic mass is 9.78. The molecule has 1 saturated heterocycles. The van der Waals surface area contributed by atoms with Crippen LogP contribution in [0.3, 0.4) is 0 Å². The summed E-state index contributed by atoms with van der Waals surface area (Å²) < 4.78 is 18.2. The van der Waals surface area contributed by atoms with Crippen LogP contribution in [0.15, 0.2) is 18.2 Å². The highest BCUT2D eigenvalue weighted by Crippen LogP contribution is 2.38. The molecule has 1 aliphatic heterocycles. The zero-order chi connectivity index (χ0) is 17.0. The van der Waals surface area contributed by atoms with E-state index in [9.17, 15) is 4.79 Å². The highest BCUT2D eigenvalue weighted by molar-refractivity contribution is 7.22. The third-order valence-electron chi connectivity index (χ3n) is 4.87. The van der Waals surface area contributed by atoms with Crippen LogP contribution < -0.4 is 5.46 Å². The number of methoxy groups -OCH3 is 1. The fourth-order valence-electron chi connectivity index (χ4n) is 2.71. The van der Waals surface area contributed by atoms with Gasteiger partial charge in [-0.1, -0.05) is 18.2 Å². The van der Waals surface area contributed by atoms with E-state index in [2.05, 4.69) is 0 Å². The first kappa shape index (κ1) is 16.5. The molecule has 1 fully saturated rings. The van der Waals surface area contributed by atoms with E-state index in [0.717, 1.165) is 21.1 Å². The number of carbonyl (C=O) groups is 1. The van der Waals surface area contributed by atoms with Crippen molar-refractivity contribution in [1.82, 2.24) is 0 Å². The molecule has 0 saturated carbocycles. The van der Waals surface area contributed by atoms with Gasteiger partial charge < -0.3 is 14.0 Å². The fourth-order valence-corrected chi connectivity index (χ4v) is 3.96. The van der Waals surface area contributed by atoms with Crippen molar-refractivity contribution >= 4 is 40.0 Å². The summed E-state index contributed by atoms with van der Waals surface area (Å²) in [6.45, 7) is 10.1. The van der Waals surface area contributed by atoms with Gasteiger partial charge in [-0.2, -0.15) is 0 Å². The minimum absolute atomic E-state index is 0.302. The van der Waals surface area contributed by atoms with Crippen LogP contribution in [0, 0.1) is 6.92 Å². The first-order chi connectivity index (χ1) is 10.7. The number of hydrogen-bond donors (Lipinski definition) is 0. The Bertz CT molecular complexity index is 762. The summed E-state index contributed by atoms with van der Waals surface area (Å²) in [6, 6.07) is 5.99. The van der Waals surface area contributed by atoms with Crippen LogP contribution in [0.4, 0.5) is 0 Å². The number of carbonyl (C=O) groups excluding carboxylic acids is 1. The molecule has 1 aliphatic rings. The molecular formula is C17H21BO4S. The van der Waals surface area contributed by atoms with E-state index in [0.29, 0.717) is 4.88 Å². The minimum Gasteiger partial charge on any atom is -0.465 e. The van der Waals surface area contributed by atoms with Crippen LogP contribution in [-0.2, 0) is 14.0 Å². The van der Waals surface area contributed by atoms with Gasteiger partial charge in [0.1, 0.15) is 4.88 Å². The summed E-state index contributed by atoms with van der Waals surface area (Å²) in [6.07, 6.45) is 0. The van der Waals surface area contributed by atoms with Crippen molar-refractivity contribution in [3.8, 4) is 0 Å². The van der Waals surface area contributed by atoms with E-state index < -0.39 is 18.3 Å². The number of aryl methyl sites for hydroxylation is 1. The molecule has 23 heavy (non-hydrogen) atoms. The summed E-state index contributed by atoms with van der Waals surface area (Å²) in [4.78, 5) is 12.6. The molecule has 1 aromatic carbocycles. The molecular weight excluding hydrogens is 311 g/mol. The smallest absolute Gasteiger partial charge is 0.465 e. The number of fused-ring (bicyclic) bond motifs is 1. The van der Waals surface area contributed by atoms with Crippen molar-refractivity contribution in [2.75, 3.05) is 7.11 Å². The van der Waals surface area contributed by atoms with Crippen molar-refractivity contribution in [1.29, 1.82) is 0 Å². The van der Waals surface area contributed by atoms with Crippen molar-refractivity contribution in [3.05, 3.63) is 28.6 Å². The Morgan fingerprint density at radius 3 is 2.35 bits per heavy atom. The van der Waals surface area contributed by atoms with Gasteiger partial charge in [0.2, 0.25) is 0 Å². The van der Waals surface area contributed by atoms with E-state index in [1.165, 1.54) is 18.4 Å². The molecule has 2 aromatic rings. The highest BCUT2D eigenvalue weighted by atomic mass is 32.1. The summed E-state index contributed by atoms with van der Waals surface area (Å²) >= 11 is 1.44. The molecule has 122 valence electrons. The van der Waals surface area contributed by atoms with Gasteiger partial charge in [0.25, 0.3) is 0 Å². The quantitative estimate of drug-likeness (QED) is 0.625. The Balaban J connectivity index is 2.11. The molecule has 4 nitrogen and oxygen atoms in total. The maximum Gasteiger partial charge on any atom is 0.496 e. The molecule has 0 atom stereocenters. The van der Waals surface area contributed by atoms with Gasteiger partial charge >= 0.3 is 13.1 Å². The molecule has 2 heterocycles. The molecule has 0 unspecified atom stereocenters. The Hall–Kier alpha value is -1.37. The lowest BCUT2D eigenvalue weighted by Gasteiger charge is -2.32. The monoisotopic (exact) mass is 332 g/mol. The van der Waals surface area contributed by atoms with Crippen LogP contribution in [0.2, 0.25) is 0 Å². The number of benzene rings is 1. The number of thiophene rings is 1. The van der Waals surface area contributed by atoms with Crippen molar-refractivity contribution in [2.45, 2.75) is 45.8 Å². The van der Waals surface area contributed by atoms with E-state index in [-0.39, 0.29) is 5.97 Å². The zero-order valence-electron chi connectivity index (χ0n) is 14.4. The van der Waals surface area contributed by atoms with Gasteiger partial charge in [-0.15, -0.1) is 11.3 Å². The first-order valence-electron chi connectivity index (χ1n) is 7.64. The van der Waals surface area contributed by atoms with E-state index in [1.54, 1.807) is 0 Å². The predicted octanol–water partition coefficient (Wildman–Crippen LogP) is 3.30. The van der Waals surface area contributed by atoms with Crippen molar-refractivity contribution in [2.24, 2.45) is 0 Å². The summed E-state index contributed by atoms with van der Waals surface area (Å²) in [5, 5.41) is 1.04.